The first-order valence-electron chi connectivity index (χ1n) is 10.8. The smallest absolute Gasteiger partial charge is 0.278 e. The first-order valence-corrected chi connectivity index (χ1v) is 10.8. The Labute approximate surface area is 193 Å². The number of nitrogens with zero attached hydrogens (tertiary/aromatic N) is 1. The standard InChI is InChI=1S/C27H26N2O4/c1-4-18-10-13-21(14-11-18)28-25-24(20-8-6-5-7-9-20)26(30)29(27(25)31)17-19-12-15-22(32-2)23(16-19)33-3/h5-16,28H,4,17H2,1-3H3. The number of imide groups is 1. The number of carbonyl (C=O) groups is 2. The van der Waals surface area contributed by atoms with Crippen LogP contribution in [0, 0.1) is 0 Å². The molecule has 168 valence electrons. The van der Waals surface area contributed by atoms with Crippen LogP contribution in [0.4, 0.5) is 5.69 Å². The van der Waals surface area contributed by atoms with Crippen molar-refractivity contribution in [2.45, 2.75) is 19.9 Å². The van der Waals surface area contributed by atoms with Crippen LogP contribution in [0.5, 0.6) is 11.5 Å². The molecule has 0 aromatic heterocycles. The lowest BCUT2D eigenvalue weighted by atomic mass is 10.0. The molecule has 0 saturated carbocycles. The minimum Gasteiger partial charge on any atom is -0.493 e. The number of ether oxygens (including phenoxy) is 2. The van der Waals surface area contributed by atoms with Crippen LogP contribution in [0.25, 0.3) is 5.57 Å². The van der Waals surface area contributed by atoms with Crippen LogP contribution >= 0.6 is 0 Å². The summed E-state index contributed by atoms with van der Waals surface area (Å²) in [6, 6.07) is 22.5. The normalized spacial score (nSPS) is 13.5. The molecule has 1 N–H and O–H groups in total. The van der Waals surface area contributed by atoms with Crippen LogP contribution < -0.4 is 14.8 Å². The SMILES string of the molecule is CCc1ccc(NC2=C(c3ccccc3)C(=O)N(Cc3ccc(OC)c(OC)c3)C2=O)cc1. The molecule has 3 aromatic rings. The second kappa shape index (κ2) is 9.61. The zero-order chi connectivity index (χ0) is 23.4. The number of hydrogen-bond donors (Lipinski definition) is 1. The third-order valence-electron chi connectivity index (χ3n) is 5.65. The molecule has 2 amide bonds. The average molecular weight is 443 g/mol. The highest BCUT2D eigenvalue weighted by molar-refractivity contribution is 6.36. The maximum absolute atomic E-state index is 13.5. The van der Waals surface area contributed by atoms with E-state index in [-0.39, 0.29) is 24.1 Å². The van der Waals surface area contributed by atoms with Gasteiger partial charge in [-0.05, 0) is 47.4 Å². The molecule has 0 saturated heterocycles. The molecule has 1 heterocycles. The molecule has 33 heavy (non-hydrogen) atoms. The van der Waals surface area contributed by atoms with Crippen LogP contribution in [0.3, 0.4) is 0 Å². The van der Waals surface area contributed by atoms with E-state index in [9.17, 15) is 9.59 Å². The first kappa shape index (κ1) is 22.1. The number of carbonyl (C=O) groups excluding carboxylic acids is 2. The van der Waals surface area contributed by atoms with E-state index in [4.69, 9.17) is 9.47 Å². The van der Waals surface area contributed by atoms with Crippen LogP contribution in [-0.4, -0.2) is 30.9 Å². The number of methoxy groups -OCH3 is 2. The minimum atomic E-state index is -0.367. The van der Waals surface area contributed by atoms with Crippen molar-refractivity contribution in [1.82, 2.24) is 4.90 Å². The number of rotatable bonds is 8. The second-order valence-corrected chi connectivity index (χ2v) is 7.68. The molecule has 3 aromatic carbocycles. The summed E-state index contributed by atoms with van der Waals surface area (Å²) in [4.78, 5) is 28.1. The quantitative estimate of drug-likeness (QED) is 0.514. The maximum Gasteiger partial charge on any atom is 0.278 e. The number of amides is 2. The van der Waals surface area contributed by atoms with Gasteiger partial charge in [0.25, 0.3) is 11.8 Å². The van der Waals surface area contributed by atoms with Crippen molar-refractivity contribution in [2.24, 2.45) is 0 Å². The lowest BCUT2D eigenvalue weighted by molar-refractivity contribution is -0.137. The Morgan fingerprint density at radius 1 is 0.788 bits per heavy atom. The van der Waals surface area contributed by atoms with Crippen molar-refractivity contribution in [3.05, 3.63) is 95.2 Å². The predicted molar refractivity (Wildman–Crippen MR) is 128 cm³/mol. The van der Waals surface area contributed by atoms with E-state index in [1.807, 2.05) is 60.7 Å². The second-order valence-electron chi connectivity index (χ2n) is 7.68. The lowest BCUT2D eigenvalue weighted by Crippen LogP contribution is -2.32. The number of anilines is 1. The molecule has 0 aliphatic carbocycles. The molecule has 0 atom stereocenters. The molecule has 0 spiro atoms. The monoisotopic (exact) mass is 442 g/mol. The average Bonchev–Trinajstić information content (AvgIpc) is 3.09. The van der Waals surface area contributed by atoms with Crippen LogP contribution in [-0.2, 0) is 22.6 Å². The van der Waals surface area contributed by atoms with Crippen molar-refractivity contribution in [3.8, 4) is 11.5 Å². The van der Waals surface area contributed by atoms with Gasteiger partial charge in [-0.1, -0.05) is 55.5 Å². The van der Waals surface area contributed by atoms with E-state index >= 15 is 0 Å². The van der Waals surface area contributed by atoms with Gasteiger partial charge in [0.1, 0.15) is 5.70 Å². The lowest BCUT2D eigenvalue weighted by Gasteiger charge is -2.17. The summed E-state index contributed by atoms with van der Waals surface area (Å²) in [6.07, 6.45) is 0.925. The van der Waals surface area contributed by atoms with Crippen molar-refractivity contribution in [1.29, 1.82) is 0 Å². The van der Waals surface area contributed by atoms with Gasteiger partial charge in [-0.15, -0.1) is 0 Å². The van der Waals surface area contributed by atoms with Crippen molar-refractivity contribution in [2.75, 3.05) is 19.5 Å². The van der Waals surface area contributed by atoms with Crippen molar-refractivity contribution < 1.29 is 19.1 Å². The molecule has 0 fully saturated rings. The number of hydrogen-bond acceptors (Lipinski definition) is 5. The van der Waals surface area contributed by atoms with E-state index in [0.717, 1.165) is 17.7 Å². The fraction of sp³-hybridized carbons (Fsp3) is 0.185. The van der Waals surface area contributed by atoms with Gasteiger partial charge in [-0.2, -0.15) is 0 Å². The Morgan fingerprint density at radius 2 is 1.45 bits per heavy atom. The van der Waals surface area contributed by atoms with Gasteiger partial charge in [-0.3, -0.25) is 14.5 Å². The van der Waals surface area contributed by atoms with Crippen molar-refractivity contribution >= 4 is 23.1 Å². The summed E-state index contributed by atoms with van der Waals surface area (Å²) in [5.41, 5.74) is 4.04. The van der Waals surface area contributed by atoms with Gasteiger partial charge < -0.3 is 14.8 Å². The highest BCUT2D eigenvalue weighted by Gasteiger charge is 2.39. The molecular weight excluding hydrogens is 416 g/mol. The van der Waals surface area contributed by atoms with Crippen LogP contribution in [0.1, 0.15) is 23.6 Å². The maximum atomic E-state index is 13.5. The minimum absolute atomic E-state index is 0.119. The van der Waals surface area contributed by atoms with E-state index in [1.54, 1.807) is 26.4 Å². The summed E-state index contributed by atoms with van der Waals surface area (Å²) in [7, 11) is 3.11. The molecule has 1 aliphatic heterocycles. The van der Waals surface area contributed by atoms with Gasteiger partial charge >= 0.3 is 0 Å². The van der Waals surface area contributed by atoms with E-state index in [1.165, 1.54) is 10.5 Å². The Hall–Kier alpha value is -4.06. The van der Waals surface area contributed by atoms with E-state index < -0.39 is 0 Å². The third-order valence-corrected chi connectivity index (χ3v) is 5.65. The van der Waals surface area contributed by atoms with E-state index in [0.29, 0.717) is 22.6 Å². The van der Waals surface area contributed by atoms with Crippen LogP contribution in [0.2, 0.25) is 0 Å². The largest absolute Gasteiger partial charge is 0.493 e. The molecule has 1 aliphatic rings. The number of aryl methyl sites for hydroxylation is 1. The number of nitrogens with one attached hydrogen (secondary N) is 1. The predicted octanol–water partition coefficient (Wildman–Crippen LogP) is 4.66. The molecule has 0 radical (unpaired) electrons. The van der Waals surface area contributed by atoms with Crippen LogP contribution in [0.15, 0.2) is 78.5 Å². The molecule has 0 unspecified atom stereocenters. The fourth-order valence-electron chi connectivity index (χ4n) is 3.84. The topological polar surface area (TPSA) is 67.9 Å². The first-order chi connectivity index (χ1) is 16.0. The third kappa shape index (κ3) is 4.46. The summed E-state index contributed by atoms with van der Waals surface area (Å²) in [6.45, 7) is 2.21. The van der Waals surface area contributed by atoms with Gasteiger partial charge in [0.05, 0.1) is 26.3 Å². The van der Waals surface area contributed by atoms with Gasteiger partial charge in [0.15, 0.2) is 11.5 Å². The van der Waals surface area contributed by atoms with Crippen molar-refractivity contribution in [3.63, 3.8) is 0 Å². The Balaban J connectivity index is 1.68. The molecule has 6 nitrogen and oxygen atoms in total. The van der Waals surface area contributed by atoms with Gasteiger partial charge in [-0.25, -0.2) is 0 Å². The number of benzene rings is 3. The summed E-state index contributed by atoms with van der Waals surface area (Å²) in [5.74, 6) is 0.419. The fourth-order valence-corrected chi connectivity index (χ4v) is 3.84. The summed E-state index contributed by atoms with van der Waals surface area (Å²) >= 11 is 0. The molecule has 4 rings (SSSR count). The zero-order valence-electron chi connectivity index (χ0n) is 18.9. The Kier molecular flexibility index (Phi) is 6.45. The zero-order valence-corrected chi connectivity index (χ0v) is 18.9. The summed E-state index contributed by atoms with van der Waals surface area (Å²) < 4.78 is 10.7. The Morgan fingerprint density at radius 3 is 2.09 bits per heavy atom. The van der Waals surface area contributed by atoms with E-state index in [2.05, 4.69) is 12.2 Å². The highest BCUT2D eigenvalue weighted by atomic mass is 16.5. The highest BCUT2D eigenvalue weighted by Crippen LogP contribution is 2.33. The van der Waals surface area contributed by atoms with Gasteiger partial charge in [0.2, 0.25) is 0 Å². The molecular formula is C27H26N2O4. The summed E-state index contributed by atoms with van der Waals surface area (Å²) in [5, 5.41) is 3.20. The molecule has 6 heteroatoms. The molecule has 0 bridgehead atoms. The Bertz CT molecular complexity index is 1200. The van der Waals surface area contributed by atoms with Gasteiger partial charge in [0, 0.05) is 5.69 Å².